The molecule has 2 heterocycles. The molecule has 0 saturated carbocycles. The molecular formula is C11H10N4O3S2. The van der Waals surface area contributed by atoms with E-state index in [1.807, 2.05) is 0 Å². The number of benzene rings is 1. The summed E-state index contributed by atoms with van der Waals surface area (Å²) in [5.41, 5.74) is 0.645. The van der Waals surface area contributed by atoms with E-state index < -0.39 is 10.0 Å². The Kier molecular flexibility index (Phi) is 3.16. The van der Waals surface area contributed by atoms with Crippen molar-refractivity contribution in [3.63, 3.8) is 0 Å². The van der Waals surface area contributed by atoms with E-state index in [0.717, 1.165) is 0 Å². The number of fused-ring (bicyclic) bond motifs is 1. The minimum atomic E-state index is -3.64. The number of nitrogens with one attached hydrogen (secondary N) is 3. The first-order valence-corrected chi connectivity index (χ1v) is 8.01. The lowest BCUT2D eigenvalue weighted by Crippen LogP contribution is -2.23. The highest BCUT2D eigenvalue weighted by molar-refractivity contribution is 7.89. The second-order valence-corrected chi connectivity index (χ2v) is 6.78. The van der Waals surface area contributed by atoms with Crippen LogP contribution in [-0.2, 0) is 16.6 Å². The lowest BCUT2D eigenvalue weighted by molar-refractivity contribution is 0.581. The van der Waals surface area contributed by atoms with Gasteiger partial charge >= 0.3 is 5.69 Å². The van der Waals surface area contributed by atoms with Crippen molar-refractivity contribution in [2.45, 2.75) is 11.4 Å². The number of aromatic nitrogens is 3. The van der Waals surface area contributed by atoms with E-state index in [4.69, 9.17) is 0 Å². The molecule has 0 radical (unpaired) electrons. The van der Waals surface area contributed by atoms with E-state index in [0.29, 0.717) is 16.0 Å². The molecule has 9 heteroatoms. The number of aromatic amines is 2. The molecule has 3 aromatic rings. The van der Waals surface area contributed by atoms with Gasteiger partial charge in [0.15, 0.2) is 0 Å². The van der Waals surface area contributed by atoms with Crippen LogP contribution in [0.5, 0.6) is 0 Å². The van der Waals surface area contributed by atoms with Gasteiger partial charge in [0.05, 0.1) is 22.5 Å². The molecule has 20 heavy (non-hydrogen) atoms. The summed E-state index contributed by atoms with van der Waals surface area (Å²) in [4.78, 5) is 20.3. The average Bonchev–Trinajstić information content (AvgIpc) is 3.03. The first-order chi connectivity index (χ1) is 9.54. The molecule has 0 aliphatic carbocycles. The van der Waals surface area contributed by atoms with Crippen LogP contribution < -0.4 is 10.4 Å². The monoisotopic (exact) mass is 310 g/mol. The van der Waals surface area contributed by atoms with E-state index in [1.165, 1.54) is 23.5 Å². The molecular weight excluding hydrogens is 300 g/mol. The van der Waals surface area contributed by atoms with Crippen molar-refractivity contribution in [2.75, 3.05) is 0 Å². The van der Waals surface area contributed by atoms with Gasteiger partial charge in [-0.25, -0.2) is 22.9 Å². The van der Waals surface area contributed by atoms with Crippen LogP contribution in [0, 0.1) is 0 Å². The fraction of sp³-hybridized carbons (Fsp3) is 0.0909. The standard InChI is InChI=1S/C11H10N4O3S2/c16-11-14-8-2-1-7(5-9(8)15-11)20(17,18)13-6-10-12-3-4-19-10/h1-5,13H,6H2,(H2,14,15,16). The van der Waals surface area contributed by atoms with Crippen LogP contribution in [0.2, 0.25) is 0 Å². The quantitative estimate of drug-likeness (QED) is 0.662. The molecule has 0 amide bonds. The topological polar surface area (TPSA) is 108 Å². The Bertz CT molecular complexity index is 893. The summed E-state index contributed by atoms with van der Waals surface area (Å²) in [6.45, 7) is 0.141. The van der Waals surface area contributed by atoms with Crippen LogP contribution in [0.25, 0.3) is 11.0 Å². The van der Waals surface area contributed by atoms with Gasteiger partial charge in [-0.15, -0.1) is 11.3 Å². The minimum Gasteiger partial charge on any atom is -0.306 e. The van der Waals surface area contributed by atoms with Crippen molar-refractivity contribution in [1.82, 2.24) is 19.7 Å². The zero-order chi connectivity index (χ0) is 14.2. The molecule has 0 saturated heterocycles. The summed E-state index contributed by atoms with van der Waals surface area (Å²) >= 11 is 1.37. The molecule has 0 spiro atoms. The zero-order valence-corrected chi connectivity index (χ0v) is 11.7. The van der Waals surface area contributed by atoms with Gasteiger partial charge in [-0.05, 0) is 18.2 Å². The smallest absolute Gasteiger partial charge is 0.306 e. The number of rotatable bonds is 4. The number of H-pyrrole nitrogens is 2. The number of hydrogen-bond donors (Lipinski definition) is 3. The molecule has 7 nitrogen and oxygen atoms in total. The summed E-state index contributed by atoms with van der Waals surface area (Å²) in [6.07, 6.45) is 1.62. The van der Waals surface area contributed by atoms with Gasteiger partial charge in [-0.1, -0.05) is 0 Å². The van der Waals surface area contributed by atoms with Crippen LogP contribution in [0.15, 0.2) is 39.5 Å². The van der Waals surface area contributed by atoms with Crippen molar-refractivity contribution >= 4 is 32.4 Å². The third-order valence-electron chi connectivity index (χ3n) is 2.69. The van der Waals surface area contributed by atoms with Gasteiger partial charge in [0.2, 0.25) is 10.0 Å². The Hall–Kier alpha value is -1.97. The van der Waals surface area contributed by atoms with Gasteiger partial charge in [0, 0.05) is 11.6 Å². The molecule has 104 valence electrons. The van der Waals surface area contributed by atoms with Crippen LogP contribution in [0.4, 0.5) is 0 Å². The highest BCUT2D eigenvalue weighted by Crippen LogP contribution is 2.15. The second kappa shape index (κ2) is 4.85. The van der Waals surface area contributed by atoms with Gasteiger partial charge in [0.25, 0.3) is 0 Å². The van der Waals surface area contributed by atoms with Gasteiger partial charge in [-0.2, -0.15) is 0 Å². The third kappa shape index (κ3) is 2.50. The van der Waals surface area contributed by atoms with Crippen LogP contribution >= 0.6 is 11.3 Å². The SMILES string of the molecule is O=c1[nH]c2ccc(S(=O)(=O)NCc3nccs3)cc2[nH]1. The largest absolute Gasteiger partial charge is 0.323 e. The highest BCUT2D eigenvalue weighted by Gasteiger charge is 2.15. The molecule has 0 aliphatic heterocycles. The van der Waals surface area contributed by atoms with Crippen molar-refractivity contribution in [3.05, 3.63) is 45.3 Å². The Morgan fingerprint density at radius 2 is 2.05 bits per heavy atom. The minimum absolute atomic E-state index is 0.0943. The molecule has 0 bridgehead atoms. The third-order valence-corrected chi connectivity index (χ3v) is 4.87. The number of hydrogen-bond acceptors (Lipinski definition) is 5. The predicted octanol–water partition coefficient (Wildman–Crippen LogP) is 0.791. The van der Waals surface area contributed by atoms with Crippen LogP contribution in [0.3, 0.4) is 0 Å². The molecule has 3 N–H and O–H groups in total. The lowest BCUT2D eigenvalue weighted by atomic mass is 10.3. The van der Waals surface area contributed by atoms with Gasteiger partial charge < -0.3 is 9.97 Å². The van der Waals surface area contributed by atoms with Gasteiger partial charge in [-0.3, -0.25) is 0 Å². The van der Waals surface area contributed by atoms with Crippen molar-refractivity contribution < 1.29 is 8.42 Å². The molecule has 2 aromatic heterocycles. The Morgan fingerprint density at radius 1 is 1.25 bits per heavy atom. The molecule has 0 aliphatic rings. The Balaban J connectivity index is 1.90. The molecule has 1 aromatic carbocycles. The number of nitrogens with zero attached hydrogens (tertiary/aromatic N) is 1. The van der Waals surface area contributed by atoms with Gasteiger partial charge in [0.1, 0.15) is 5.01 Å². The summed E-state index contributed by atoms with van der Waals surface area (Å²) in [5.74, 6) is 0. The maximum absolute atomic E-state index is 12.1. The predicted molar refractivity (Wildman–Crippen MR) is 75.1 cm³/mol. The first-order valence-electron chi connectivity index (χ1n) is 5.65. The van der Waals surface area contributed by atoms with E-state index in [9.17, 15) is 13.2 Å². The first kappa shape index (κ1) is 13.0. The maximum Gasteiger partial charge on any atom is 0.323 e. The van der Waals surface area contributed by atoms with Crippen LogP contribution in [0.1, 0.15) is 5.01 Å². The number of thiazole rings is 1. The van der Waals surface area contributed by atoms with Crippen molar-refractivity contribution in [3.8, 4) is 0 Å². The summed E-state index contributed by atoms with van der Waals surface area (Å²) < 4.78 is 26.7. The Morgan fingerprint density at radius 3 is 2.80 bits per heavy atom. The summed E-state index contributed by atoms with van der Waals surface area (Å²) in [6, 6.07) is 4.40. The maximum atomic E-state index is 12.1. The van der Waals surface area contributed by atoms with E-state index in [2.05, 4.69) is 19.7 Å². The molecule has 0 unspecified atom stereocenters. The molecule has 3 rings (SSSR count). The highest BCUT2D eigenvalue weighted by atomic mass is 32.2. The Labute approximate surface area is 117 Å². The van der Waals surface area contributed by atoms with E-state index in [-0.39, 0.29) is 17.1 Å². The molecule has 0 atom stereocenters. The fourth-order valence-corrected chi connectivity index (χ4v) is 3.42. The molecule has 0 fully saturated rings. The lowest BCUT2D eigenvalue weighted by Gasteiger charge is -2.05. The second-order valence-electron chi connectivity index (χ2n) is 4.04. The van der Waals surface area contributed by atoms with Crippen molar-refractivity contribution in [2.24, 2.45) is 0 Å². The van der Waals surface area contributed by atoms with Crippen molar-refractivity contribution in [1.29, 1.82) is 0 Å². The number of sulfonamides is 1. The fourth-order valence-electron chi connectivity index (χ4n) is 1.76. The summed E-state index contributed by atoms with van der Waals surface area (Å²) in [7, 11) is -3.64. The zero-order valence-electron chi connectivity index (χ0n) is 10.1. The normalized spacial score (nSPS) is 12.0. The van der Waals surface area contributed by atoms with Crippen LogP contribution in [-0.4, -0.2) is 23.4 Å². The average molecular weight is 310 g/mol. The van der Waals surface area contributed by atoms with E-state index >= 15 is 0 Å². The van der Waals surface area contributed by atoms with E-state index in [1.54, 1.807) is 17.6 Å². The summed E-state index contributed by atoms with van der Waals surface area (Å²) in [5, 5.41) is 2.46. The number of imidazole rings is 1.